The van der Waals surface area contributed by atoms with Crippen LogP contribution in [0.1, 0.15) is 24.0 Å². The van der Waals surface area contributed by atoms with Crippen molar-refractivity contribution in [3.05, 3.63) is 63.0 Å². The molecule has 2 aromatic carbocycles. The molecule has 0 aromatic heterocycles. The van der Waals surface area contributed by atoms with Crippen molar-refractivity contribution in [3.63, 3.8) is 0 Å². The Kier molecular flexibility index (Phi) is 8.72. The second kappa shape index (κ2) is 11.5. The summed E-state index contributed by atoms with van der Waals surface area (Å²) in [6.07, 6.45) is 2.86. The lowest BCUT2D eigenvalue weighted by Crippen LogP contribution is -2.29. The molecule has 9 heteroatoms. The number of amides is 1. The molecule has 0 spiro atoms. The third kappa shape index (κ3) is 6.34. The summed E-state index contributed by atoms with van der Waals surface area (Å²) in [5.74, 6) is 0.0371. The van der Waals surface area contributed by atoms with E-state index >= 15 is 0 Å². The van der Waals surface area contributed by atoms with E-state index in [0.29, 0.717) is 38.2 Å². The van der Waals surface area contributed by atoms with Gasteiger partial charge in [-0.3, -0.25) is 14.5 Å². The van der Waals surface area contributed by atoms with Gasteiger partial charge >= 0.3 is 5.97 Å². The number of aliphatic carboxylic acids is 1. The molecule has 32 heavy (non-hydrogen) atoms. The van der Waals surface area contributed by atoms with Crippen LogP contribution in [0.5, 0.6) is 11.5 Å². The smallest absolute Gasteiger partial charge is 0.303 e. The SMILES string of the molecule is COc1cc(/C=C2\SC(=S)N(CCCC(=O)O)C2=O)cc(Br)c1OCCc1ccccc1. The standard InChI is InChI=1S/C23H22BrNO5S2/c1-29-18-13-16(12-17(24)21(18)30-11-9-15-6-3-2-4-7-15)14-19-22(28)25(23(31)32-19)10-5-8-20(26)27/h2-4,6-7,12-14H,5,8-11H2,1H3,(H,26,27)/b19-14-. The number of carboxylic acid groups (broad SMARTS) is 1. The van der Waals surface area contributed by atoms with Crippen LogP contribution in [0.2, 0.25) is 0 Å². The van der Waals surface area contributed by atoms with Gasteiger partial charge in [0.15, 0.2) is 11.5 Å². The van der Waals surface area contributed by atoms with Crippen molar-refractivity contribution in [2.24, 2.45) is 0 Å². The van der Waals surface area contributed by atoms with Gasteiger partial charge in [0.05, 0.1) is 23.1 Å². The molecule has 1 amide bonds. The Morgan fingerprint density at radius 3 is 2.72 bits per heavy atom. The number of thiocarbonyl (C=S) groups is 1. The maximum Gasteiger partial charge on any atom is 0.303 e. The van der Waals surface area contributed by atoms with Crippen LogP contribution in [0.15, 0.2) is 51.8 Å². The van der Waals surface area contributed by atoms with Crippen LogP contribution < -0.4 is 9.47 Å². The van der Waals surface area contributed by atoms with Crippen LogP contribution in [0, 0.1) is 0 Å². The van der Waals surface area contributed by atoms with Crippen molar-refractivity contribution < 1.29 is 24.2 Å². The van der Waals surface area contributed by atoms with Crippen molar-refractivity contribution >= 4 is 62.2 Å². The number of carbonyl (C=O) groups is 2. The second-order valence-corrected chi connectivity index (χ2v) is 9.48. The molecule has 0 unspecified atom stereocenters. The van der Waals surface area contributed by atoms with Gasteiger partial charge in [-0.1, -0.05) is 54.3 Å². The Bertz CT molecular complexity index is 1040. The zero-order valence-corrected chi connectivity index (χ0v) is 20.6. The van der Waals surface area contributed by atoms with Gasteiger partial charge in [0.25, 0.3) is 5.91 Å². The number of rotatable bonds is 10. The fraction of sp³-hybridized carbons (Fsp3) is 0.261. The summed E-state index contributed by atoms with van der Waals surface area (Å²) in [7, 11) is 1.57. The van der Waals surface area contributed by atoms with Crippen LogP contribution in [-0.2, 0) is 16.0 Å². The molecular formula is C23H22BrNO5S2. The van der Waals surface area contributed by atoms with E-state index in [0.717, 1.165) is 12.0 Å². The molecule has 0 atom stereocenters. The van der Waals surface area contributed by atoms with Gasteiger partial charge in [-0.25, -0.2) is 0 Å². The van der Waals surface area contributed by atoms with E-state index < -0.39 is 5.97 Å². The number of methoxy groups -OCH3 is 1. The number of carbonyl (C=O) groups excluding carboxylic acids is 1. The van der Waals surface area contributed by atoms with Crippen LogP contribution in [0.3, 0.4) is 0 Å². The van der Waals surface area contributed by atoms with Crippen LogP contribution in [0.4, 0.5) is 0 Å². The van der Waals surface area contributed by atoms with Gasteiger partial charge in [0, 0.05) is 19.4 Å². The largest absolute Gasteiger partial charge is 0.493 e. The Morgan fingerprint density at radius 2 is 2.03 bits per heavy atom. The van der Waals surface area contributed by atoms with Gasteiger partial charge in [0.1, 0.15) is 4.32 Å². The fourth-order valence-electron chi connectivity index (χ4n) is 3.11. The molecule has 0 bridgehead atoms. The van der Waals surface area contributed by atoms with Crippen molar-refractivity contribution in [1.82, 2.24) is 4.90 Å². The van der Waals surface area contributed by atoms with Crippen LogP contribution in [-0.4, -0.2) is 46.5 Å². The lowest BCUT2D eigenvalue weighted by Gasteiger charge is -2.14. The second-order valence-electron chi connectivity index (χ2n) is 6.95. The minimum Gasteiger partial charge on any atom is -0.493 e. The molecule has 1 saturated heterocycles. The summed E-state index contributed by atoms with van der Waals surface area (Å²) < 4.78 is 12.6. The quantitative estimate of drug-likeness (QED) is 0.333. The molecule has 0 saturated carbocycles. The Morgan fingerprint density at radius 1 is 1.28 bits per heavy atom. The minimum absolute atomic E-state index is 0.00795. The third-order valence-electron chi connectivity index (χ3n) is 4.68. The zero-order valence-electron chi connectivity index (χ0n) is 17.4. The molecule has 1 N–H and O–H groups in total. The Hall–Kier alpha value is -2.36. The molecule has 1 aliphatic heterocycles. The molecule has 0 radical (unpaired) electrons. The first-order chi connectivity index (χ1) is 15.4. The van der Waals surface area contributed by atoms with Crippen LogP contribution >= 0.6 is 39.9 Å². The highest BCUT2D eigenvalue weighted by molar-refractivity contribution is 9.10. The van der Waals surface area contributed by atoms with Gasteiger partial charge in [-0.05, 0) is 51.7 Å². The number of ether oxygens (including phenoxy) is 2. The number of halogens is 1. The predicted octanol–water partition coefficient (Wildman–Crippen LogP) is 5.15. The molecule has 1 fully saturated rings. The topological polar surface area (TPSA) is 76.1 Å². The first-order valence-corrected chi connectivity index (χ1v) is 11.9. The minimum atomic E-state index is -0.894. The fourth-order valence-corrected chi connectivity index (χ4v) is 4.99. The highest BCUT2D eigenvalue weighted by Crippen LogP contribution is 2.39. The Labute approximate surface area is 204 Å². The summed E-state index contributed by atoms with van der Waals surface area (Å²) >= 11 is 10.0. The molecule has 2 aromatic rings. The maximum absolute atomic E-state index is 12.7. The number of carboxylic acids is 1. The first-order valence-electron chi connectivity index (χ1n) is 9.90. The van der Waals surface area contributed by atoms with E-state index in [4.69, 9.17) is 26.8 Å². The number of thioether (sulfide) groups is 1. The predicted molar refractivity (Wildman–Crippen MR) is 133 cm³/mol. The lowest BCUT2D eigenvalue weighted by atomic mass is 10.1. The summed E-state index contributed by atoms with van der Waals surface area (Å²) in [4.78, 5) is 25.4. The maximum atomic E-state index is 12.7. The normalized spacial score (nSPS) is 14.8. The molecule has 6 nitrogen and oxygen atoms in total. The van der Waals surface area contributed by atoms with Gasteiger partial charge in [-0.2, -0.15) is 0 Å². The van der Waals surface area contributed by atoms with Crippen molar-refractivity contribution in [2.45, 2.75) is 19.3 Å². The van der Waals surface area contributed by atoms with E-state index in [2.05, 4.69) is 28.1 Å². The number of hydrogen-bond acceptors (Lipinski definition) is 6. The summed E-state index contributed by atoms with van der Waals surface area (Å²) in [5.41, 5.74) is 1.94. The van der Waals surface area contributed by atoms with E-state index in [1.807, 2.05) is 24.3 Å². The van der Waals surface area contributed by atoms with Crippen LogP contribution in [0.25, 0.3) is 6.08 Å². The van der Waals surface area contributed by atoms with Gasteiger partial charge in [0.2, 0.25) is 0 Å². The molecule has 168 valence electrons. The number of hydrogen-bond donors (Lipinski definition) is 1. The molecule has 1 aliphatic rings. The highest BCUT2D eigenvalue weighted by atomic mass is 79.9. The van der Waals surface area contributed by atoms with Crippen molar-refractivity contribution in [1.29, 1.82) is 0 Å². The van der Waals surface area contributed by atoms with E-state index in [1.54, 1.807) is 19.3 Å². The lowest BCUT2D eigenvalue weighted by molar-refractivity contribution is -0.137. The summed E-state index contributed by atoms with van der Waals surface area (Å²) in [6, 6.07) is 13.7. The monoisotopic (exact) mass is 535 g/mol. The average Bonchev–Trinajstić information content (AvgIpc) is 3.02. The average molecular weight is 536 g/mol. The van der Waals surface area contributed by atoms with Crippen molar-refractivity contribution in [2.75, 3.05) is 20.3 Å². The summed E-state index contributed by atoms with van der Waals surface area (Å²) in [6.45, 7) is 0.781. The molecular weight excluding hydrogens is 514 g/mol. The van der Waals surface area contributed by atoms with Gasteiger partial charge in [-0.15, -0.1) is 0 Å². The first kappa shape index (κ1) is 24.3. The Balaban J connectivity index is 1.71. The van der Waals surface area contributed by atoms with E-state index in [9.17, 15) is 9.59 Å². The van der Waals surface area contributed by atoms with Gasteiger partial charge < -0.3 is 14.6 Å². The molecule has 0 aliphatic carbocycles. The highest BCUT2D eigenvalue weighted by Gasteiger charge is 2.31. The molecule has 3 rings (SSSR count). The van der Waals surface area contributed by atoms with Crippen molar-refractivity contribution in [3.8, 4) is 11.5 Å². The van der Waals surface area contributed by atoms with E-state index in [1.165, 1.54) is 22.2 Å². The van der Waals surface area contributed by atoms with E-state index in [-0.39, 0.29) is 18.9 Å². The molecule has 1 heterocycles. The third-order valence-corrected chi connectivity index (χ3v) is 6.64. The summed E-state index contributed by atoms with van der Waals surface area (Å²) in [5, 5.41) is 8.80. The number of benzene rings is 2. The zero-order chi connectivity index (χ0) is 23.1. The number of nitrogens with zero attached hydrogens (tertiary/aromatic N) is 1.